The number of pyridine rings is 1. The summed E-state index contributed by atoms with van der Waals surface area (Å²) in [4.78, 5) is 16.2. The molecule has 0 spiro atoms. The Balaban J connectivity index is 2.41. The Bertz CT molecular complexity index is 599. The first-order valence-electron chi connectivity index (χ1n) is 5.20. The normalized spacial score (nSPS) is 10.1. The Labute approximate surface area is 113 Å². The standard InChI is InChI=1S/C13H11BrN2O2/c1-18-10-4-8(6-16-7-10)13(17)11-3-2-9(15)5-12(11)14/h2-7H,15H2,1H3. The summed E-state index contributed by atoms with van der Waals surface area (Å²) in [6, 6.07) is 6.71. The van der Waals surface area contributed by atoms with E-state index in [4.69, 9.17) is 10.5 Å². The zero-order chi connectivity index (χ0) is 13.1. The number of rotatable bonds is 3. The molecule has 1 aromatic heterocycles. The summed E-state index contributed by atoms with van der Waals surface area (Å²) < 4.78 is 5.71. The van der Waals surface area contributed by atoms with Crippen LogP contribution in [0.2, 0.25) is 0 Å². The number of nitrogens with two attached hydrogens (primary N) is 1. The summed E-state index contributed by atoms with van der Waals surface area (Å²) in [5, 5.41) is 0. The van der Waals surface area contributed by atoms with E-state index in [1.54, 1.807) is 30.5 Å². The van der Waals surface area contributed by atoms with Gasteiger partial charge in [0.25, 0.3) is 0 Å². The molecule has 0 unspecified atom stereocenters. The Kier molecular flexibility index (Phi) is 3.62. The Hall–Kier alpha value is -1.88. The SMILES string of the molecule is COc1cncc(C(=O)c2ccc(N)cc2Br)c1. The molecule has 0 aliphatic carbocycles. The highest BCUT2D eigenvalue weighted by atomic mass is 79.9. The zero-order valence-corrected chi connectivity index (χ0v) is 11.3. The maximum atomic E-state index is 12.3. The summed E-state index contributed by atoms with van der Waals surface area (Å²) in [7, 11) is 1.53. The summed E-state index contributed by atoms with van der Waals surface area (Å²) >= 11 is 3.33. The van der Waals surface area contributed by atoms with Gasteiger partial charge in [-0.2, -0.15) is 0 Å². The van der Waals surface area contributed by atoms with Crippen LogP contribution in [-0.4, -0.2) is 17.9 Å². The van der Waals surface area contributed by atoms with Gasteiger partial charge in [0.1, 0.15) is 5.75 Å². The molecule has 2 rings (SSSR count). The first-order valence-corrected chi connectivity index (χ1v) is 6.00. The Morgan fingerprint density at radius 2 is 2.11 bits per heavy atom. The molecular formula is C13H11BrN2O2. The lowest BCUT2D eigenvalue weighted by Gasteiger charge is -2.06. The molecule has 0 saturated carbocycles. The van der Waals surface area contributed by atoms with Crippen LogP contribution in [0.15, 0.2) is 41.1 Å². The van der Waals surface area contributed by atoms with Gasteiger partial charge in [-0.25, -0.2) is 0 Å². The van der Waals surface area contributed by atoms with Crippen molar-refractivity contribution in [2.24, 2.45) is 0 Å². The molecule has 1 aromatic carbocycles. The molecular weight excluding hydrogens is 296 g/mol. The maximum Gasteiger partial charge on any atom is 0.195 e. The number of ketones is 1. The van der Waals surface area contributed by atoms with E-state index in [1.165, 1.54) is 13.3 Å². The third kappa shape index (κ3) is 2.51. The summed E-state index contributed by atoms with van der Waals surface area (Å²) in [5.74, 6) is 0.417. The molecule has 0 saturated heterocycles. The number of carbonyl (C=O) groups is 1. The lowest BCUT2D eigenvalue weighted by atomic mass is 10.0. The van der Waals surface area contributed by atoms with Gasteiger partial charge in [0.05, 0.1) is 13.3 Å². The smallest absolute Gasteiger partial charge is 0.195 e. The molecule has 4 nitrogen and oxygen atoms in total. The van der Waals surface area contributed by atoms with Gasteiger partial charge in [-0.05, 0) is 40.2 Å². The molecule has 92 valence electrons. The molecule has 18 heavy (non-hydrogen) atoms. The van der Waals surface area contributed by atoms with Crippen molar-refractivity contribution in [3.05, 3.63) is 52.3 Å². The van der Waals surface area contributed by atoms with Crippen molar-refractivity contribution in [2.75, 3.05) is 12.8 Å². The predicted octanol–water partition coefficient (Wildman–Crippen LogP) is 2.67. The van der Waals surface area contributed by atoms with E-state index in [0.29, 0.717) is 27.0 Å². The van der Waals surface area contributed by atoms with Crippen LogP contribution in [0.5, 0.6) is 5.75 Å². The van der Waals surface area contributed by atoms with Gasteiger partial charge >= 0.3 is 0 Å². The number of aromatic nitrogens is 1. The molecule has 0 atom stereocenters. The van der Waals surface area contributed by atoms with Crippen LogP contribution in [0.3, 0.4) is 0 Å². The number of anilines is 1. The predicted molar refractivity (Wildman–Crippen MR) is 72.8 cm³/mol. The molecule has 2 aromatic rings. The molecule has 0 bridgehead atoms. The van der Waals surface area contributed by atoms with Crippen molar-refractivity contribution >= 4 is 27.4 Å². The van der Waals surface area contributed by atoms with Gasteiger partial charge in [0, 0.05) is 27.5 Å². The molecule has 5 heteroatoms. The van der Waals surface area contributed by atoms with E-state index in [0.717, 1.165) is 0 Å². The lowest BCUT2D eigenvalue weighted by Crippen LogP contribution is -2.04. The van der Waals surface area contributed by atoms with Crippen LogP contribution in [0, 0.1) is 0 Å². The fourth-order valence-corrected chi connectivity index (χ4v) is 2.10. The van der Waals surface area contributed by atoms with Crippen LogP contribution >= 0.6 is 15.9 Å². The number of methoxy groups -OCH3 is 1. The average Bonchev–Trinajstić information content (AvgIpc) is 2.38. The molecule has 0 radical (unpaired) electrons. The van der Waals surface area contributed by atoms with Gasteiger partial charge in [0.15, 0.2) is 5.78 Å². The molecule has 0 fully saturated rings. The van der Waals surface area contributed by atoms with Crippen molar-refractivity contribution in [1.82, 2.24) is 4.98 Å². The van der Waals surface area contributed by atoms with E-state index >= 15 is 0 Å². The topological polar surface area (TPSA) is 65.2 Å². The van der Waals surface area contributed by atoms with Crippen molar-refractivity contribution in [2.45, 2.75) is 0 Å². The minimum Gasteiger partial charge on any atom is -0.495 e. The highest BCUT2D eigenvalue weighted by molar-refractivity contribution is 9.10. The Morgan fingerprint density at radius 1 is 1.33 bits per heavy atom. The summed E-state index contributed by atoms with van der Waals surface area (Å²) in [6.45, 7) is 0. The van der Waals surface area contributed by atoms with Crippen molar-refractivity contribution in [1.29, 1.82) is 0 Å². The summed E-state index contributed by atoms with van der Waals surface area (Å²) in [6.07, 6.45) is 3.06. The van der Waals surface area contributed by atoms with Gasteiger partial charge < -0.3 is 10.5 Å². The van der Waals surface area contributed by atoms with Crippen molar-refractivity contribution in [3.63, 3.8) is 0 Å². The highest BCUT2D eigenvalue weighted by Gasteiger charge is 2.13. The number of hydrogen-bond acceptors (Lipinski definition) is 4. The van der Waals surface area contributed by atoms with Crippen LogP contribution in [0.1, 0.15) is 15.9 Å². The second-order valence-electron chi connectivity index (χ2n) is 3.68. The van der Waals surface area contributed by atoms with Crippen LogP contribution in [0.4, 0.5) is 5.69 Å². The number of ether oxygens (including phenoxy) is 1. The Morgan fingerprint density at radius 3 is 2.78 bits per heavy atom. The van der Waals surface area contributed by atoms with Crippen LogP contribution in [0.25, 0.3) is 0 Å². The van der Waals surface area contributed by atoms with Crippen LogP contribution in [-0.2, 0) is 0 Å². The van der Waals surface area contributed by atoms with E-state index in [9.17, 15) is 4.79 Å². The number of benzene rings is 1. The quantitative estimate of drug-likeness (QED) is 0.699. The van der Waals surface area contributed by atoms with Gasteiger partial charge in [-0.15, -0.1) is 0 Å². The molecule has 0 aliphatic heterocycles. The second kappa shape index (κ2) is 5.18. The molecule has 0 aliphatic rings. The van der Waals surface area contributed by atoms with Crippen molar-refractivity contribution < 1.29 is 9.53 Å². The lowest BCUT2D eigenvalue weighted by molar-refractivity contribution is 0.103. The molecule has 1 heterocycles. The fraction of sp³-hybridized carbons (Fsp3) is 0.0769. The number of carbonyl (C=O) groups excluding carboxylic acids is 1. The fourth-order valence-electron chi connectivity index (χ4n) is 1.53. The highest BCUT2D eigenvalue weighted by Crippen LogP contribution is 2.23. The largest absolute Gasteiger partial charge is 0.495 e. The van der Waals surface area contributed by atoms with E-state index in [1.807, 2.05) is 0 Å². The monoisotopic (exact) mass is 306 g/mol. The number of hydrogen-bond donors (Lipinski definition) is 1. The van der Waals surface area contributed by atoms with Gasteiger partial charge in [0.2, 0.25) is 0 Å². The second-order valence-corrected chi connectivity index (χ2v) is 4.54. The van der Waals surface area contributed by atoms with E-state index in [2.05, 4.69) is 20.9 Å². The first kappa shape index (κ1) is 12.6. The molecule has 2 N–H and O–H groups in total. The summed E-state index contributed by atoms with van der Waals surface area (Å²) in [5.41, 5.74) is 7.25. The van der Waals surface area contributed by atoms with Gasteiger partial charge in [-0.1, -0.05) is 0 Å². The number of halogens is 1. The third-order valence-electron chi connectivity index (χ3n) is 2.45. The average molecular weight is 307 g/mol. The van der Waals surface area contributed by atoms with Gasteiger partial charge in [-0.3, -0.25) is 9.78 Å². The first-order chi connectivity index (χ1) is 8.61. The maximum absolute atomic E-state index is 12.3. The van der Waals surface area contributed by atoms with Crippen LogP contribution < -0.4 is 10.5 Å². The minimum atomic E-state index is -0.131. The minimum absolute atomic E-state index is 0.131. The van der Waals surface area contributed by atoms with Crippen molar-refractivity contribution in [3.8, 4) is 5.75 Å². The zero-order valence-electron chi connectivity index (χ0n) is 9.68. The number of nitrogens with zero attached hydrogens (tertiary/aromatic N) is 1. The van der Waals surface area contributed by atoms with E-state index < -0.39 is 0 Å². The number of nitrogen functional groups attached to an aromatic ring is 1. The third-order valence-corrected chi connectivity index (χ3v) is 3.10. The molecule has 0 amide bonds. The van der Waals surface area contributed by atoms with E-state index in [-0.39, 0.29) is 5.78 Å².